The number of aromatic hydroxyl groups is 1. The number of benzene rings is 1. The molecule has 0 aliphatic heterocycles. The van der Waals surface area contributed by atoms with Crippen molar-refractivity contribution in [1.82, 2.24) is 4.90 Å². The van der Waals surface area contributed by atoms with Gasteiger partial charge in [0.05, 0.1) is 23.6 Å². The third-order valence-corrected chi connectivity index (χ3v) is 8.99. The van der Waals surface area contributed by atoms with Crippen molar-refractivity contribution in [2.45, 2.75) is 61.7 Å². The summed E-state index contributed by atoms with van der Waals surface area (Å²) in [6, 6.07) is 0.516. The van der Waals surface area contributed by atoms with Crippen LogP contribution < -0.4 is 5.73 Å². The van der Waals surface area contributed by atoms with Crippen molar-refractivity contribution in [1.29, 1.82) is 0 Å². The Labute approximate surface area is 224 Å². The molecule has 0 fully saturated rings. The maximum absolute atomic E-state index is 14.1. The number of likely N-dealkylation sites (N-methyl/N-ethyl adjacent to an activating group) is 1. The zero-order valence-corrected chi connectivity index (χ0v) is 23.2. The maximum atomic E-state index is 14.1. The van der Waals surface area contributed by atoms with Crippen LogP contribution >= 0.6 is 11.8 Å². The summed E-state index contributed by atoms with van der Waals surface area (Å²) in [6.45, 7) is 7.35. The number of hydrogen-bond acceptors (Lipinski definition) is 10. The molecule has 3 aliphatic carbocycles. The van der Waals surface area contributed by atoms with Gasteiger partial charge in [0, 0.05) is 21.9 Å². The molecule has 0 spiro atoms. The zero-order chi connectivity index (χ0) is 28.8. The van der Waals surface area contributed by atoms with Crippen LogP contribution in [-0.4, -0.2) is 86.0 Å². The number of rotatable bonds is 3. The monoisotopic (exact) mass is 546 g/mol. The maximum Gasteiger partial charge on any atom is 0.255 e. The Morgan fingerprint density at radius 1 is 1.16 bits per heavy atom. The zero-order valence-electron chi connectivity index (χ0n) is 22.4. The van der Waals surface area contributed by atoms with Gasteiger partial charge in [0.1, 0.15) is 22.8 Å². The fourth-order valence-corrected chi connectivity index (χ4v) is 7.21. The van der Waals surface area contributed by atoms with E-state index in [1.54, 1.807) is 6.92 Å². The van der Waals surface area contributed by atoms with E-state index in [2.05, 4.69) is 0 Å². The second kappa shape index (κ2) is 8.84. The number of Topliss-reactive ketones (excluding diaryl/α,β-unsaturated/α-hetero) is 2. The van der Waals surface area contributed by atoms with Crippen LogP contribution in [0, 0.1) is 11.8 Å². The first kappa shape index (κ1) is 28.2. The molecule has 1 aromatic rings. The van der Waals surface area contributed by atoms with Gasteiger partial charge >= 0.3 is 0 Å². The molecule has 38 heavy (non-hydrogen) atoms. The van der Waals surface area contributed by atoms with E-state index in [-0.39, 0.29) is 11.3 Å². The highest BCUT2D eigenvalue weighted by Crippen LogP contribution is 2.57. The van der Waals surface area contributed by atoms with Gasteiger partial charge < -0.3 is 31.3 Å². The van der Waals surface area contributed by atoms with Gasteiger partial charge in [-0.05, 0) is 43.3 Å². The van der Waals surface area contributed by atoms with Crippen molar-refractivity contribution < 1.29 is 39.9 Å². The molecule has 4 rings (SSSR count). The lowest BCUT2D eigenvalue weighted by molar-refractivity contribution is -0.162. The SMILES string of the molecule is CSc1cc(C(C)(C)C)c(O)c2c1[C@H](C)[C@@H]1C(=C(O)[C@]3(O)C(=O)C(C(N)=O)=C(O)[C@@H](N(C)C)[C@@H]3[C@H]1O)C2=O. The molecule has 0 saturated heterocycles. The van der Waals surface area contributed by atoms with Crippen LogP contribution in [0.1, 0.15) is 55.1 Å². The Morgan fingerprint density at radius 3 is 2.21 bits per heavy atom. The van der Waals surface area contributed by atoms with E-state index < -0.39 is 81.1 Å². The van der Waals surface area contributed by atoms with Crippen LogP contribution in [0.3, 0.4) is 0 Å². The number of hydrogen-bond donors (Lipinski definition) is 6. The molecular formula is C27H34N2O8S. The number of carbonyl (C=O) groups excluding carboxylic acids is 3. The number of nitrogens with two attached hydrogens (primary N) is 1. The van der Waals surface area contributed by atoms with E-state index in [1.807, 2.05) is 33.1 Å². The van der Waals surface area contributed by atoms with Crippen molar-refractivity contribution >= 4 is 29.2 Å². The summed E-state index contributed by atoms with van der Waals surface area (Å²) in [6.07, 6.45) is 0.204. The van der Waals surface area contributed by atoms with Gasteiger partial charge in [0.25, 0.3) is 5.91 Å². The second-order valence-electron chi connectivity index (χ2n) is 11.6. The van der Waals surface area contributed by atoms with E-state index in [0.717, 1.165) is 0 Å². The standard InChI is InChI=1S/C27H34N2O8S/c1-9-12-11(38-7)8-10(26(2,3)4)19(30)14(12)20(31)15-13(9)21(32)17-18(29(5)6)22(33)16(25(28)36)24(35)27(17,37)23(15)34/h8-9,13,17-18,21,30,32-34,37H,1-7H3,(H2,28,36)/t9-,13+,17+,18-,21-,27-/m0/s1. The predicted octanol–water partition coefficient (Wildman–Crippen LogP) is 1.67. The molecule has 1 aromatic carbocycles. The molecular weight excluding hydrogens is 512 g/mol. The van der Waals surface area contributed by atoms with Gasteiger partial charge in [-0.3, -0.25) is 19.3 Å². The lowest BCUT2D eigenvalue weighted by Crippen LogP contribution is -2.68. The van der Waals surface area contributed by atoms with Crippen LogP contribution in [0.5, 0.6) is 5.75 Å². The average Bonchev–Trinajstić information content (AvgIpc) is 2.80. The Balaban J connectivity index is 2.10. The van der Waals surface area contributed by atoms with E-state index >= 15 is 0 Å². The Morgan fingerprint density at radius 2 is 1.74 bits per heavy atom. The number of phenols is 1. The molecule has 7 N–H and O–H groups in total. The number of fused-ring (bicyclic) bond motifs is 3. The highest BCUT2D eigenvalue weighted by Gasteiger charge is 2.67. The lowest BCUT2D eigenvalue weighted by atomic mass is 9.55. The van der Waals surface area contributed by atoms with Gasteiger partial charge in [-0.1, -0.05) is 27.7 Å². The van der Waals surface area contributed by atoms with Crippen molar-refractivity contribution in [3.63, 3.8) is 0 Å². The summed E-state index contributed by atoms with van der Waals surface area (Å²) in [4.78, 5) is 41.8. The quantitative estimate of drug-likeness (QED) is 0.241. The van der Waals surface area contributed by atoms with Crippen molar-refractivity contribution in [3.05, 3.63) is 45.4 Å². The van der Waals surface area contributed by atoms with Crippen LogP contribution in [0.25, 0.3) is 0 Å². The molecule has 0 saturated carbocycles. The number of thioether (sulfide) groups is 1. The van der Waals surface area contributed by atoms with Crippen LogP contribution in [-0.2, 0) is 15.0 Å². The van der Waals surface area contributed by atoms with Crippen molar-refractivity contribution in [2.75, 3.05) is 20.4 Å². The van der Waals surface area contributed by atoms with Gasteiger partial charge in [0.15, 0.2) is 11.4 Å². The number of phenolic OH excluding ortho intramolecular Hbond substituents is 1. The summed E-state index contributed by atoms with van der Waals surface area (Å²) in [7, 11) is 3.00. The van der Waals surface area contributed by atoms with E-state index in [9.17, 15) is 39.9 Å². The van der Waals surface area contributed by atoms with Gasteiger partial charge in [-0.15, -0.1) is 11.8 Å². The second-order valence-corrected chi connectivity index (χ2v) is 12.4. The highest BCUT2D eigenvalue weighted by molar-refractivity contribution is 7.98. The number of ketones is 2. The number of primary amides is 1. The van der Waals surface area contributed by atoms with E-state index in [0.29, 0.717) is 16.0 Å². The minimum absolute atomic E-state index is 0.0674. The molecule has 11 heteroatoms. The number of amides is 1. The van der Waals surface area contributed by atoms with Gasteiger partial charge in [0.2, 0.25) is 5.78 Å². The predicted molar refractivity (Wildman–Crippen MR) is 140 cm³/mol. The first-order chi connectivity index (χ1) is 17.4. The van der Waals surface area contributed by atoms with Crippen molar-refractivity contribution in [2.24, 2.45) is 17.6 Å². The smallest absolute Gasteiger partial charge is 0.255 e. The topological polar surface area (TPSA) is 182 Å². The third kappa shape index (κ3) is 3.48. The summed E-state index contributed by atoms with van der Waals surface area (Å²) in [5, 5.41) is 57.2. The van der Waals surface area contributed by atoms with Crippen LogP contribution in [0.4, 0.5) is 0 Å². The molecule has 0 bridgehead atoms. The van der Waals surface area contributed by atoms with E-state index in [1.165, 1.54) is 30.8 Å². The van der Waals surface area contributed by atoms with Crippen LogP contribution in [0.2, 0.25) is 0 Å². The first-order valence-electron chi connectivity index (χ1n) is 12.2. The average molecular weight is 547 g/mol. The third-order valence-electron chi connectivity index (χ3n) is 8.22. The Kier molecular flexibility index (Phi) is 6.55. The van der Waals surface area contributed by atoms with Crippen molar-refractivity contribution in [3.8, 4) is 5.75 Å². The number of nitrogens with zero attached hydrogens (tertiary/aromatic N) is 1. The molecule has 0 heterocycles. The molecule has 10 nitrogen and oxygen atoms in total. The number of aliphatic hydroxyl groups is 4. The molecule has 0 unspecified atom stereocenters. The fraction of sp³-hybridized carbons (Fsp3) is 0.519. The summed E-state index contributed by atoms with van der Waals surface area (Å²) in [5.74, 6) is -8.88. The minimum atomic E-state index is -2.93. The molecule has 0 aromatic heterocycles. The van der Waals surface area contributed by atoms with Gasteiger partial charge in [-0.2, -0.15) is 0 Å². The van der Waals surface area contributed by atoms with E-state index in [4.69, 9.17) is 5.73 Å². The Hall–Kier alpha value is -2.86. The fourth-order valence-electron chi connectivity index (χ4n) is 6.47. The molecule has 0 radical (unpaired) electrons. The molecule has 3 aliphatic rings. The molecule has 1 amide bonds. The molecule has 6 atom stereocenters. The largest absolute Gasteiger partial charge is 0.510 e. The number of carbonyl (C=O) groups is 3. The Bertz CT molecular complexity index is 1340. The highest BCUT2D eigenvalue weighted by atomic mass is 32.2. The summed E-state index contributed by atoms with van der Waals surface area (Å²) < 4.78 is 0. The molecule has 206 valence electrons. The summed E-state index contributed by atoms with van der Waals surface area (Å²) >= 11 is 1.37. The van der Waals surface area contributed by atoms with Gasteiger partial charge in [-0.25, -0.2) is 0 Å². The minimum Gasteiger partial charge on any atom is -0.510 e. The first-order valence-corrected chi connectivity index (χ1v) is 13.4. The summed E-state index contributed by atoms with van der Waals surface area (Å²) in [5.41, 5.74) is 1.46. The van der Waals surface area contributed by atoms with Crippen LogP contribution in [0.15, 0.2) is 33.6 Å². The normalized spacial score (nSPS) is 31.4. The number of aliphatic hydroxyl groups excluding tert-OH is 3. The lowest BCUT2D eigenvalue weighted by Gasteiger charge is -2.53.